The molecule has 1 rings (SSSR count). The topological polar surface area (TPSA) is 87.7 Å². The minimum Gasteiger partial charge on any atom is -0.446 e. The van der Waals surface area contributed by atoms with E-state index in [-0.39, 0.29) is 6.10 Å². The number of hydrogen-bond donors (Lipinski definition) is 2. The van der Waals surface area contributed by atoms with E-state index in [1.165, 1.54) is 4.31 Å². The molecule has 2 N–H and O–H groups in total. The third-order valence-electron chi connectivity index (χ3n) is 3.63. The van der Waals surface area contributed by atoms with E-state index < -0.39 is 16.3 Å². The molecule has 0 aromatic carbocycles. The van der Waals surface area contributed by atoms with E-state index in [1.807, 2.05) is 4.72 Å². The molecule has 0 bridgehead atoms. The highest BCUT2D eigenvalue weighted by atomic mass is 32.2. The molecule has 124 valence electrons. The van der Waals surface area contributed by atoms with Crippen molar-refractivity contribution in [3.8, 4) is 0 Å². The average molecular weight is 321 g/mol. The van der Waals surface area contributed by atoms with Crippen molar-refractivity contribution in [3.05, 3.63) is 0 Å². The molecule has 0 aliphatic carbocycles. The number of hydrogen-bond acceptors (Lipinski definition) is 5. The molecule has 21 heavy (non-hydrogen) atoms. The molecule has 0 aromatic heterocycles. The summed E-state index contributed by atoms with van der Waals surface area (Å²) in [5.74, 6) is 0.457. The number of carbonyl (C=O) groups is 1. The van der Waals surface area contributed by atoms with Crippen molar-refractivity contribution in [2.75, 3.05) is 19.6 Å². The van der Waals surface area contributed by atoms with Gasteiger partial charge in [-0.3, -0.25) is 0 Å². The van der Waals surface area contributed by atoms with E-state index in [2.05, 4.69) is 19.2 Å². The average Bonchev–Trinajstić information content (AvgIpc) is 2.37. The van der Waals surface area contributed by atoms with E-state index >= 15 is 0 Å². The van der Waals surface area contributed by atoms with Crippen LogP contribution in [-0.2, 0) is 14.9 Å². The predicted octanol–water partition coefficient (Wildman–Crippen LogP) is 1.08. The number of piperidine rings is 1. The molecule has 0 radical (unpaired) electrons. The molecule has 0 spiro atoms. The van der Waals surface area contributed by atoms with E-state index in [9.17, 15) is 13.2 Å². The summed E-state index contributed by atoms with van der Waals surface area (Å²) in [4.78, 5) is 11.4. The van der Waals surface area contributed by atoms with E-state index in [0.29, 0.717) is 25.0 Å². The molecular formula is C13H27N3O4S. The fourth-order valence-electron chi connectivity index (χ4n) is 2.51. The number of ether oxygens (including phenoxy) is 1. The van der Waals surface area contributed by atoms with Gasteiger partial charge >= 0.3 is 16.3 Å². The zero-order valence-corrected chi connectivity index (χ0v) is 14.1. The van der Waals surface area contributed by atoms with Gasteiger partial charge in [0, 0.05) is 19.1 Å². The molecular weight excluding hydrogens is 294 g/mol. The van der Waals surface area contributed by atoms with E-state index in [1.54, 1.807) is 13.8 Å². The van der Waals surface area contributed by atoms with Crippen LogP contribution in [-0.4, -0.2) is 50.6 Å². The zero-order chi connectivity index (χ0) is 16.0. The van der Waals surface area contributed by atoms with Crippen LogP contribution in [0.25, 0.3) is 0 Å². The molecule has 1 heterocycles. The van der Waals surface area contributed by atoms with Gasteiger partial charge in [0.1, 0.15) is 0 Å². The Morgan fingerprint density at radius 1 is 1.29 bits per heavy atom. The molecule has 1 fully saturated rings. The Balaban J connectivity index is 2.50. The summed E-state index contributed by atoms with van der Waals surface area (Å²) >= 11 is 0. The first-order chi connectivity index (χ1) is 9.76. The van der Waals surface area contributed by atoms with Gasteiger partial charge in [0.25, 0.3) is 0 Å². The van der Waals surface area contributed by atoms with Crippen LogP contribution < -0.4 is 10.0 Å². The standard InChI is InChI=1S/C13H27N3O4S/c1-5-14-11(4)12-6-8-16(9-7-12)21(18,19)15-13(17)20-10(2)3/h10-12,14H,5-9H2,1-4H3,(H,15,17). The largest absolute Gasteiger partial charge is 0.446 e. The van der Waals surface area contributed by atoms with E-state index in [0.717, 1.165) is 19.4 Å². The molecule has 1 unspecified atom stereocenters. The number of nitrogens with zero attached hydrogens (tertiary/aromatic N) is 1. The number of amides is 1. The maximum Gasteiger partial charge on any atom is 0.422 e. The lowest BCUT2D eigenvalue weighted by molar-refractivity contribution is 0.120. The van der Waals surface area contributed by atoms with Crippen LogP contribution in [0.2, 0.25) is 0 Å². The molecule has 8 heteroatoms. The first kappa shape index (κ1) is 18.2. The lowest BCUT2D eigenvalue weighted by Crippen LogP contribution is -2.49. The Kier molecular flexibility index (Phi) is 6.89. The zero-order valence-electron chi connectivity index (χ0n) is 13.3. The van der Waals surface area contributed by atoms with Crippen LogP contribution in [0, 0.1) is 5.92 Å². The summed E-state index contributed by atoms with van der Waals surface area (Å²) in [5.41, 5.74) is 0. The number of rotatable bonds is 6. The monoisotopic (exact) mass is 321 g/mol. The fourth-order valence-corrected chi connectivity index (χ4v) is 3.59. The molecule has 1 aliphatic rings. The Labute approximate surface area is 127 Å². The van der Waals surface area contributed by atoms with Gasteiger partial charge in [0.2, 0.25) is 0 Å². The van der Waals surface area contributed by atoms with Gasteiger partial charge in [-0.1, -0.05) is 6.92 Å². The van der Waals surface area contributed by atoms with Crippen molar-refractivity contribution < 1.29 is 17.9 Å². The Bertz CT molecular complexity index is 431. The molecule has 0 aromatic rings. The van der Waals surface area contributed by atoms with Crippen molar-refractivity contribution in [1.82, 2.24) is 14.3 Å². The summed E-state index contributed by atoms with van der Waals surface area (Å²) in [6.45, 7) is 9.26. The van der Waals surface area contributed by atoms with Gasteiger partial charge in [-0.2, -0.15) is 12.7 Å². The highest BCUT2D eigenvalue weighted by Gasteiger charge is 2.31. The second-order valence-corrected chi connectivity index (χ2v) is 7.31. The lowest BCUT2D eigenvalue weighted by Gasteiger charge is -2.34. The smallest absolute Gasteiger partial charge is 0.422 e. The molecule has 1 atom stereocenters. The van der Waals surface area contributed by atoms with Gasteiger partial charge in [-0.25, -0.2) is 9.52 Å². The Morgan fingerprint density at radius 3 is 2.33 bits per heavy atom. The highest BCUT2D eigenvalue weighted by Crippen LogP contribution is 2.22. The van der Waals surface area contributed by atoms with Crippen LogP contribution in [0.5, 0.6) is 0 Å². The van der Waals surface area contributed by atoms with Crippen LogP contribution in [0.15, 0.2) is 0 Å². The van der Waals surface area contributed by atoms with Crippen LogP contribution in [0.1, 0.15) is 40.5 Å². The van der Waals surface area contributed by atoms with Crippen LogP contribution in [0.3, 0.4) is 0 Å². The van der Waals surface area contributed by atoms with Crippen molar-refractivity contribution in [3.63, 3.8) is 0 Å². The van der Waals surface area contributed by atoms with Crippen molar-refractivity contribution in [2.45, 2.75) is 52.7 Å². The number of carbonyl (C=O) groups excluding carboxylic acids is 1. The van der Waals surface area contributed by atoms with Crippen molar-refractivity contribution in [2.24, 2.45) is 5.92 Å². The van der Waals surface area contributed by atoms with Gasteiger partial charge in [0.15, 0.2) is 0 Å². The highest BCUT2D eigenvalue weighted by molar-refractivity contribution is 7.87. The quantitative estimate of drug-likeness (QED) is 0.764. The summed E-state index contributed by atoms with van der Waals surface area (Å²) in [6.07, 6.45) is 0.294. The molecule has 7 nitrogen and oxygen atoms in total. The fraction of sp³-hybridized carbons (Fsp3) is 0.923. The summed E-state index contributed by atoms with van der Waals surface area (Å²) < 4.78 is 32.2. The normalized spacial score (nSPS) is 19.5. The molecule has 1 amide bonds. The van der Waals surface area contributed by atoms with Gasteiger partial charge in [0.05, 0.1) is 6.10 Å². The molecule has 1 aliphatic heterocycles. The maximum absolute atomic E-state index is 12.1. The predicted molar refractivity (Wildman–Crippen MR) is 81.1 cm³/mol. The second kappa shape index (κ2) is 7.95. The lowest BCUT2D eigenvalue weighted by atomic mass is 9.91. The SMILES string of the molecule is CCNC(C)C1CCN(S(=O)(=O)NC(=O)OC(C)C)CC1. The van der Waals surface area contributed by atoms with Gasteiger partial charge in [-0.05, 0) is 46.1 Å². The minimum absolute atomic E-state index is 0.355. The third-order valence-corrected chi connectivity index (χ3v) is 5.10. The van der Waals surface area contributed by atoms with Crippen molar-refractivity contribution >= 4 is 16.3 Å². The number of nitrogens with one attached hydrogen (secondary N) is 2. The summed E-state index contributed by atoms with van der Waals surface area (Å²) in [7, 11) is -3.80. The first-order valence-corrected chi connectivity index (χ1v) is 8.92. The summed E-state index contributed by atoms with van der Waals surface area (Å²) in [6, 6.07) is 0.374. The van der Waals surface area contributed by atoms with Gasteiger partial charge in [-0.15, -0.1) is 0 Å². The second-order valence-electron chi connectivity index (χ2n) is 5.64. The Hall–Kier alpha value is -0.860. The van der Waals surface area contributed by atoms with Crippen LogP contribution >= 0.6 is 0 Å². The summed E-state index contributed by atoms with van der Waals surface area (Å²) in [5, 5.41) is 3.36. The maximum atomic E-state index is 12.1. The molecule has 0 saturated carbocycles. The van der Waals surface area contributed by atoms with Gasteiger partial charge < -0.3 is 10.1 Å². The first-order valence-electron chi connectivity index (χ1n) is 7.48. The Morgan fingerprint density at radius 2 is 1.86 bits per heavy atom. The third kappa shape index (κ3) is 5.80. The molecule has 1 saturated heterocycles. The van der Waals surface area contributed by atoms with Crippen molar-refractivity contribution in [1.29, 1.82) is 0 Å². The van der Waals surface area contributed by atoms with E-state index in [4.69, 9.17) is 4.74 Å². The van der Waals surface area contributed by atoms with Crippen LogP contribution in [0.4, 0.5) is 4.79 Å². The minimum atomic E-state index is -3.80.